The van der Waals surface area contributed by atoms with E-state index in [1.807, 2.05) is 12.1 Å². The minimum atomic E-state index is -0.508. The first-order valence-electron chi connectivity index (χ1n) is 8.71. The number of aromatic hydroxyl groups is 1. The van der Waals surface area contributed by atoms with Crippen LogP contribution in [0.2, 0.25) is 10.0 Å². The Bertz CT molecular complexity index is 1000. The maximum atomic E-state index is 12.6. The first kappa shape index (κ1) is 20.1. The number of carbonyl (C=O) groups excluding carboxylic acids is 1. The lowest BCUT2D eigenvalue weighted by atomic mass is 10.1. The summed E-state index contributed by atoms with van der Waals surface area (Å²) in [5, 5.41) is 13.5. The van der Waals surface area contributed by atoms with Crippen LogP contribution in [0.3, 0.4) is 0 Å². The number of hydrogen-bond acceptors (Lipinski definition) is 3. The fourth-order valence-corrected chi connectivity index (χ4v) is 3.11. The fourth-order valence-electron chi connectivity index (χ4n) is 2.77. The molecule has 3 aromatic carbocycles. The van der Waals surface area contributed by atoms with Crippen LogP contribution in [-0.2, 0) is 6.42 Å². The number of anilines is 1. The van der Waals surface area contributed by atoms with Gasteiger partial charge in [0.25, 0.3) is 5.91 Å². The Morgan fingerprint density at radius 2 is 1.75 bits per heavy atom. The standard InChI is InChI=1S/C22H19Cl2NO3/c1-14-4-2-3-5-15(14)10-11-28-21-9-7-17(24)13-19(21)25-22(27)18-12-16(23)6-8-20(18)26/h2-9,12-13,26H,10-11H2,1H3,(H,25,27). The number of benzene rings is 3. The van der Waals surface area contributed by atoms with Crippen molar-refractivity contribution in [2.24, 2.45) is 0 Å². The Balaban J connectivity index is 1.74. The van der Waals surface area contributed by atoms with Crippen molar-refractivity contribution < 1.29 is 14.6 Å². The minimum Gasteiger partial charge on any atom is -0.507 e. The van der Waals surface area contributed by atoms with Crippen molar-refractivity contribution >= 4 is 34.8 Å². The molecule has 0 aromatic heterocycles. The lowest BCUT2D eigenvalue weighted by molar-refractivity contribution is 0.102. The van der Waals surface area contributed by atoms with E-state index in [1.165, 1.54) is 29.3 Å². The number of aryl methyl sites for hydroxylation is 1. The molecule has 2 N–H and O–H groups in total. The largest absolute Gasteiger partial charge is 0.507 e. The summed E-state index contributed by atoms with van der Waals surface area (Å²) in [4.78, 5) is 12.6. The van der Waals surface area contributed by atoms with Crippen molar-refractivity contribution in [3.63, 3.8) is 0 Å². The zero-order chi connectivity index (χ0) is 20.1. The van der Waals surface area contributed by atoms with Crippen molar-refractivity contribution in [3.05, 3.63) is 87.4 Å². The van der Waals surface area contributed by atoms with E-state index in [4.69, 9.17) is 27.9 Å². The van der Waals surface area contributed by atoms with E-state index in [1.54, 1.807) is 18.2 Å². The third-order valence-electron chi connectivity index (χ3n) is 4.28. The van der Waals surface area contributed by atoms with Crippen LogP contribution in [0, 0.1) is 6.92 Å². The van der Waals surface area contributed by atoms with E-state index in [2.05, 4.69) is 24.4 Å². The summed E-state index contributed by atoms with van der Waals surface area (Å²) in [6, 6.07) is 17.4. The molecule has 28 heavy (non-hydrogen) atoms. The van der Waals surface area contributed by atoms with Gasteiger partial charge in [0.15, 0.2) is 0 Å². The lowest BCUT2D eigenvalue weighted by Gasteiger charge is -2.14. The Hall–Kier alpha value is -2.69. The normalized spacial score (nSPS) is 10.5. The first-order chi connectivity index (χ1) is 13.4. The van der Waals surface area contributed by atoms with Gasteiger partial charge in [0, 0.05) is 16.5 Å². The highest BCUT2D eigenvalue weighted by Gasteiger charge is 2.15. The Morgan fingerprint density at radius 3 is 2.54 bits per heavy atom. The van der Waals surface area contributed by atoms with Gasteiger partial charge < -0.3 is 15.2 Å². The molecule has 0 aliphatic heterocycles. The second-order valence-corrected chi connectivity index (χ2v) is 7.15. The molecule has 3 aromatic rings. The van der Waals surface area contributed by atoms with Crippen LogP contribution in [0.15, 0.2) is 60.7 Å². The first-order valence-corrected chi connectivity index (χ1v) is 9.46. The van der Waals surface area contributed by atoms with Crippen LogP contribution in [0.4, 0.5) is 5.69 Å². The highest BCUT2D eigenvalue weighted by atomic mass is 35.5. The average Bonchev–Trinajstić information content (AvgIpc) is 2.67. The molecule has 3 rings (SSSR count). The topological polar surface area (TPSA) is 58.6 Å². The molecule has 0 unspecified atom stereocenters. The van der Waals surface area contributed by atoms with Crippen LogP contribution in [-0.4, -0.2) is 17.6 Å². The van der Waals surface area contributed by atoms with Gasteiger partial charge in [-0.15, -0.1) is 0 Å². The van der Waals surface area contributed by atoms with Crippen LogP contribution in [0.1, 0.15) is 21.5 Å². The van der Waals surface area contributed by atoms with E-state index >= 15 is 0 Å². The Labute approximate surface area is 173 Å². The highest BCUT2D eigenvalue weighted by Crippen LogP contribution is 2.30. The van der Waals surface area contributed by atoms with Gasteiger partial charge in [-0.25, -0.2) is 0 Å². The second-order valence-electron chi connectivity index (χ2n) is 6.28. The zero-order valence-corrected chi connectivity index (χ0v) is 16.7. The van der Waals surface area contributed by atoms with Crippen LogP contribution in [0.5, 0.6) is 11.5 Å². The molecule has 0 spiro atoms. The van der Waals surface area contributed by atoms with Crippen molar-refractivity contribution in [2.45, 2.75) is 13.3 Å². The number of amides is 1. The third kappa shape index (κ3) is 4.97. The summed E-state index contributed by atoms with van der Waals surface area (Å²) >= 11 is 12.0. The lowest BCUT2D eigenvalue weighted by Crippen LogP contribution is -2.14. The van der Waals surface area contributed by atoms with Gasteiger partial charge >= 0.3 is 0 Å². The maximum Gasteiger partial charge on any atom is 0.259 e. The molecular formula is C22H19Cl2NO3. The SMILES string of the molecule is Cc1ccccc1CCOc1ccc(Cl)cc1NC(=O)c1cc(Cl)ccc1O. The predicted molar refractivity (Wildman–Crippen MR) is 113 cm³/mol. The molecule has 0 atom stereocenters. The van der Waals surface area contributed by atoms with Gasteiger partial charge in [0.05, 0.1) is 17.9 Å². The summed E-state index contributed by atoms with van der Waals surface area (Å²) in [6.45, 7) is 2.50. The van der Waals surface area contributed by atoms with Crippen molar-refractivity contribution in [1.82, 2.24) is 0 Å². The summed E-state index contributed by atoms with van der Waals surface area (Å²) in [5.41, 5.74) is 2.89. The highest BCUT2D eigenvalue weighted by molar-refractivity contribution is 6.31. The molecule has 0 aliphatic rings. The van der Waals surface area contributed by atoms with Gasteiger partial charge in [-0.2, -0.15) is 0 Å². The number of halogens is 2. The number of carbonyl (C=O) groups is 1. The summed E-state index contributed by atoms with van der Waals surface area (Å²) in [5.74, 6) is -0.176. The predicted octanol–water partition coefficient (Wildman–Crippen LogP) is 5.88. The van der Waals surface area contributed by atoms with Crippen molar-refractivity contribution in [1.29, 1.82) is 0 Å². The number of hydrogen-bond donors (Lipinski definition) is 2. The molecule has 4 nitrogen and oxygen atoms in total. The van der Waals surface area contributed by atoms with Crippen molar-refractivity contribution in [2.75, 3.05) is 11.9 Å². The molecular weight excluding hydrogens is 397 g/mol. The fraction of sp³-hybridized carbons (Fsp3) is 0.136. The zero-order valence-electron chi connectivity index (χ0n) is 15.2. The van der Waals surface area contributed by atoms with Gasteiger partial charge in [-0.3, -0.25) is 4.79 Å². The molecule has 0 bridgehead atoms. The van der Waals surface area contributed by atoms with Gasteiger partial charge in [0.2, 0.25) is 0 Å². The summed E-state index contributed by atoms with van der Waals surface area (Å²) < 4.78 is 5.88. The maximum absolute atomic E-state index is 12.6. The molecule has 0 saturated heterocycles. The number of rotatable bonds is 6. The number of phenolic OH excluding ortho intramolecular Hbond substituents is 1. The van der Waals surface area contributed by atoms with Gasteiger partial charge in [0.1, 0.15) is 11.5 Å². The number of nitrogens with one attached hydrogen (secondary N) is 1. The number of ether oxygens (including phenoxy) is 1. The molecule has 6 heteroatoms. The van der Waals surface area contributed by atoms with E-state index in [-0.39, 0.29) is 11.3 Å². The van der Waals surface area contributed by atoms with Crippen LogP contribution in [0.25, 0.3) is 0 Å². The third-order valence-corrected chi connectivity index (χ3v) is 4.75. The van der Waals surface area contributed by atoms with Gasteiger partial charge in [-0.05, 0) is 54.4 Å². The van der Waals surface area contributed by atoms with Crippen LogP contribution >= 0.6 is 23.2 Å². The molecule has 0 aliphatic carbocycles. The quantitative estimate of drug-likeness (QED) is 0.528. The molecule has 0 fully saturated rings. The number of phenols is 1. The monoisotopic (exact) mass is 415 g/mol. The average molecular weight is 416 g/mol. The molecule has 144 valence electrons. The minimum absolute atomic E-state index is 0.0679. The molecule has 1 amide bonds. The second kappa shape index (κ2) is 9.00. The van der Waals surface area contributed by atoms with E-state index < -0.39 is 5.91 Å². The van der Waals surface area contributed by atoms with E-state index in [9.17, 15) is 9.90 Å². The van der Waals surface area contributed by atoms with Crippen molar-refractivity contribution in [3.8, 4) is 11.5 Å². The molecule has 0 saturated carbocycles. The van der Waals surface area contributed by atoms with E-state index in [0.29, 0.717) is 28.1 Å². The molecule has 0 radical (unpaired) electrons. The smallest absolute Gasteiger partial charge is 0.259 e. The van der Waals surface area contributed by atoms with Gasteiger partial charge in [-0.1, -0.05) is 47.5 Å². The molecule has 0 heterocycles. The van der Waals surface area contributed by atoms with E-state index in [0.717, 1.165) is 6.42 Å². The van der Waals surface area contributed by atoms with Crippen LogP contribution < -0.4 is 10.1 Å². The Kier molecular flexibility index (Phi) is 6.45. The Morgan fingerprint density at radius 1 is 1.04 bits per heavy atom. The summed E-state index contributed by atoms with van der Waals surface area (Å²) in [6.07, 6.45) is 0.734. The summed E-state index contributed by atoms with van der Waals surface area (Å²) in [7, 11) is 0.